The second-order valence-electron chi connectivity index (χ2n) is 18.2. The Morgan fingerprint density at radius 1 is 0.544 bits per heavy atom. The van der Waals surface area contributed by atoms with Gasteiger partial charge in [-0.1, -0.05) is 0 Å². The molecule has 0 aromatic carbocycles. The number of nitrogens with two attached hydrogens (primary N) is 4. The number of hydrogen-bond donors (Lipinski definition) is 6. The van der Waals surface area contributed by atoms with Gasteiger partial charge in [0.05, 0.1) is 69.8 Å². The molecule has 4 aliphatic rings. The number of phosphoric acid groups is 3. The quantitative estimate of drug-likeness (QED) is 0.0420. The van der Waals surface area contributed by atoms with Crippen LogP contribution in [0.4, 0.5) is 23.3 Å². The summed E-state index contributed by atoms with van der Waals surface area (Å²) in [6.07, 6.45) is -7.82. The zero-order valence-electron chi connectivity index (χ0n) is 40.5. The van der Waals surface area contributed by atoms with Crippen LogP contribution in [0.15, 0.2) is 55.0 Å². The van der Waals surface area contributed by atoms with Gasteiger partial charge in [-0.15, -0.1) is 0 Å². The van der Waals surface area contributed by atoms with Crippen LogP contribution in [0, 0.1) is 0 Å². The van der Waals surface area contributed by atoms with Crippen molar-refractivity contribution in [1.29, 1.82) is 0 Å². The molecule has 0 amide bonds. The first kappa shape index (κ1) is 54.8. The van der Waals surface area contributed by atoms with E-state index in [-0.39, 0.29) is 70.4 Å². The van der Waals surface area contributed by atoms with Gasteiger partial charge in [-0.25, -0.2) is 49.7 Å². The molecule has 7 aromatic heterocycles. The maximum atomic E-state index is 13.8. The van der Waals surface area contributed by atoms with Crippen LogP contribution in [-0.2, 0) is 59.8 Å². The standard InChI is InChI=1S/C39H49N18O19P3/c40-25-1-2-54(39(60)53-25)27-5-19(75-77(61,62)67-8-22-17(59)3-26(71-22)55-14-50-30-33(41)44-11-47-36(30)55)23(72-27)9-69-79(65,66)76-20-6-29(57-16-52-32-35(43)46-13-49-38(32)57)73-24(20)10-68-78(63,64)74-18-4-28(70-21(18)7-58)56-15-51-31-34(42)45-12-48-37(31)56/h1-2,11-24,26-29,58-59H,3-10H2,(H,61,62)(H,63,64)(H,65,66)(H2,40,53,60)(H2,41,44,47)(H2,42,45,48)(H2,43,46,49)/p-3/t17-,18-,19-,20-,21+,22+,23+,24+,26+,27+,28+,29+/m0/s1. The van der Waals surface area contributed by atoms with Crippen LogP contribution in [0.2, 0.25) is 0 Å². The Hall–Kier alpha value is -6.18. The SMILES string of the molecule is Nc1ccn([C@H]2C[C@H](OP(=O)([O-])OC[C@H]3O[C@@H](n4cnc5c(N)ncnc54)C[C@@H]3O)[C@@H](COP(=O)([O-])O[C@H]3C[C@H](n4cnc5c(N)ncnc54)O[C@@H]3COP(=O)([O-])O[C@H]3C[C@H](n4cnc5c(N)ncnc54)O[C@@H]3CO)O2)c(=O)n1. The highest BCUT2D eigenvalue weighted by molar-refractivity contribution is 7.46. The molecule has 11 heterocycles. The fourth-order valence-corrected chi connectivity index (χ4v) is 12.2. The molecule has 79 heavy (non-hydrogen) atoms. The Balaban J connectivity index is 0.769. The van der Waals surface area contributed by atoms with Crippen LogP contribution in [0.5, 0.6) is 0 Å². The molecule has 0 saturated carbocycles. The average molecular weight is 1160 g/mol. The lowest BCUT2D eigenvalue weighted by Crippen LogP contribution is -2.34. The van der Waals surface area contributed by atoms with Crippen LogP contribution in [-0.4, -0.2) is 154 Å². The smallest absolute Gasteiger partial charge is 0.351 e. The van der Waals surface area contributed by atoms with Crippen LogP contribution in [0.25, 0.3) is 33.5 Å². The van der Waals surface area contributed by atoms with Crippen molar-refractivity contribution in [2.75, 3.05) is 49.4 Å². The second-order valence-corrected chi connectivity index (χ2v) is 22.3. The van der Waals surface area contributed by atoms with E-state index in [1.54, 1.807) is 0 Å². The van der Waals surface area contributed by atoms with E-state index in [2.05, 4.69) is 49.8 Å². The third kappa shape index (κ3) is 11.5. The minimum Gasteiger partial charge on any atom is -0.756 e. The second kappa shape index (κ2) is 21.7. The van der Waals surface area contributed by atoms with Crippen molar-refractivity contribution in [3.63, 3.8) is 0 Å². The number of anilines is 4. The molecule has 7 aromatic rings. The molecular formula is C39H46N18O19P3-3. The molecule has 15 atom stereocenters. The van der Waals surface area contributed by atoms with E-state index < -0.39 is 136 Å². The van der Waals surface area contributed by atoms with Gasteiger partial charge in [0.1, 0.15) is 90.7 Å². The first-order chi connectivity index (χ1) is 37.7. The monoisotopic (exact) mass is 1160 g/mol. The highest BCUT2D eigenvalue weighted by Gasteiger charge is 2.45. The van der Waals surface area contributed by atoms with Gasteiger partial charge in [0, 0.05) is 31.9 Å². The number of phosphoric ester groups is 3. The molecule has 0 bridgehead atoms. The van der Waals surface area contributed by atoms with Crippen molar-refractivity contribution < 1.29 is 84.7 Å². The predicted octanol–water partition coefficient (Wildman–Crippen LogP) is -2.79. The number of aliphatic hydroxyl groups is 2. The highest BCUT2D eigenvalue weighted by atomic mass is 31.2. The lowest BCUT2D eigenvalue weighted by atomic mass is 10.2. The molecule has 37 nitrogen and oxygen atoms in total. The van der Waals surface area contributed by atoms with E-state index in [1.165, 1.54) is 57.6 Å². The normalized spacial score (nSPS) is 29.6. The summed E-state index contributed by atoms with van der Waals surface area (Å²) in [7, 11) is -16.4. The topological polar surface area (TPSA) is 523 Å². The molecule has 424 valence electrons. The Bertz CT molecular complexity index is 3590. The predicted molar refractivity (Wildman–Crippen MR) is 255 cm³/mol. The molecule has 11 rings (SSSR count). The number of ether oxygens (including phenoxy) is 4. The molecule has 0 aliphatic carbocycles. The molecule has 0 radical (unpaired) electrons. The summed E-state index contributed by atoms with van der Waals surface area (Å²) in [5.74, 6) is 0.0403. The largest absolute Gasteiger partial charge is 0.756 e. The number of nitrogen functional groups attached to an aromatic ring is 4. The molecule has 4 aliphatic heterocycles. The van der Waals surface area contributed by atoms with Crippen LogP contribution in [0.1, 0.15) is 50.6 Å². The van der Waals surface area contributed by atoms with E-state index in [9.17, 15) is 43.4 Å². The molecule has 4 saturated heterocycles. The van der Waals surface area contributed by atoms with E-state index >= 15 is 0 Å². The summed E-state index contributed by atoms with van der Waals surface area (Å²) in [6, 6.07) is 1.26. The Labute approximate surface area is 441 Å². The van der Waals surface area contributed by atoms with Crippen LogP contribution >= 0.6 is 23.5 Å². The summed E-state index contributed by atoms with van der Waals surface area (Å²) in [5.41, 5.74) is 23.9. The molecule has 4 fully saturated rings. The zero-order chi connectivity index (χ0) is 55.5. The molecule has 3 unspecified atom stereocenters. The molecule has 40 heteroatoms. The van der Waals surface area contributed by atoms with Crippen molar-refractivity contribution >= 4 is 80.2 Å². The number of hydrogen-bond acceptors (Lipinski definition) is 33. The van der Waals surface area contributed by atoms with E-state index in [0.29, 0.717) is 5.65 Å². The number of rotatable bonds is 20. The van der Waals surface area contributed by atoms with Gasteiger partial charge in [-0.2, -0.15) is 4.98 Å². The number of nitrogens with zero attached hydrogens (tertiary/aromatic N) is 14. The third-order valence-corrected chi connectivity index (χ3v) is 16.1. The van der Waals surface area contributed by atoms with Crippen molar-refractivity contribution in [2.45, 2.75) is 99.4 Å². The van der Waals surface area contributed by atoms with Gasteiger partial charge in [0.15, 0.2) is 34.4 Å². The number of fused-ring (bicyclic) bond motifs is 3. The minimum atomic E-state index is -5.59. The van der Waals surface area contributed by atoms with Crippen molar-refractivity contribution in [3.05, 3.63) is 60.7 Å². The Morgan fingerprint density at radius 3 is 1.33 bits per heavy atom. The maximum absolute atomic E-state index is 13.8. The van der Waals surface area contributed by atoms with Crippen molar-refractivity contribution in [3.8, 4) is 0 Å². The summed E-state index contributed by atoms with van der Waals surface area (Å²) >= 11 is 0. The fourth-order valence-electron chi connectivity index (χ4n) is 9.42. The fraction of sp³-hybridized carbons (Fsp3) is 0.513. The lowest BCUT2D eigenvalue weighted by Gasteiger charge is -2.32. The summed E-state index contributed by atoms with van der Waals surface area (Å²) < 4.78 is 102. The van der Waals surface area contributed by atoms with Crippen molar-refractivity contribution in [2.24, 2.45) is 0 Å². The maximum Gasteiger partial charge on any atom is 0.351 e. The number of imidazole rings is 3. The Kier molecular flexibility index (Phi) is 15.0. The molecule has 10 N–H and O–H groups in total. The van der Waals surface area contributed by atoms with E-state index in [0.717, 1.165) is 10.9 Å². The Morgan fingerprint density at radius 2 is 0.911 bits per heavy atom. The van der Waals surface area contributed by atoms with Gasteiger partial charge in [-0.3, -0.25) is 32.0 Å². The van der Waals surface area contributed by atoms with E-state index in [4.69, 9.17) is 69.0 Å². The first-order valence-electron chi connectivity index (χ1n) is 23.7. The minimum absolute atomic E-state index is 0.00321. The summed E-state index contributed by atoms with van der Waals surface area (Å²) in [5, 5.41) is 21.0. The average Bonchev–Trinajstić information content (AvgIpc) is 4.44. The summed E-state index contributed by atoms with van der Waals surface area (Å²) in [6.45, 7) is -3.36. The van der Waals surface area contributed by atoms with Gasteiger partial charge in [0.2, 0.25) is 0 Å². The van der Waals surface area contributed by atoms with Gasteiger partial charge in [-0.05, 0) is 6.07 Å². The number of aliphatic hydroxyl groups excluding tert-OH is 2. The van der Waals surface area contributed by atoms with Crippen molar-refractivity contribution in [1.82, 2.24) is 68.1 Å². The van der Waals surface area contributed by atoms with Gasteiger partial charge in [0.25, 0.3) is 23.5 Å². The van der Waals surface area contributed by atoms with Crippen LogP contribution < -0.4 is 43.3 Å². The van der Waals surface area contributed by atoms with Gasteiger partial charge >= 0.3 is 5.69 Å². The molecule has 0 spiro atoms. The molecular weight excluding hydrogens is 1120 g/mol. The van der Waals surface area contributed by atoms with Gasteiger partial charge < -0.3 is 93.9 Å². The third-order valence-electron chi connectivity index (χ3n) is 13.2. The zero-order valence-corrected chi connectivity index (χ0v) is 43.1. The number of aromatic nitrogens is 14. The first-order valence-corrected chi connectivity index (χ1v) is 28.1. The van der Waals surface area contributed by atoms with E-state index in [1.807, 2.05) is 0 Å². The highest BCUT2D eigenvalue weighted by Crippen LogP contribution is 2.51. The summed E-state index contributed by atoms with van der Waals surface area (Å²) in [4.78, 5) is 94.2. The lowest BCUT2D eigenvalue weighted by molar-refractivity contribution is -0.238. The van der Waals surface area contributed by atoms with Crippen LogP contribution in [0.3, 0.4) is 0 Å².